The van der Waals surface area contributed by atoms with E-state index in [0.29, 0.717) is 5.92 Å². The van der Waals surface area contributed by atoms with Gasteiger partial charge in [-0.05, 0) is 36.5 Å². The molecular weight excluding hydrogens is 314 g/mol. The largest absolute Gasteiger partial charge is 0.491 e. The van der Waals surface area contributed by atoms with Crippen molar-refractivity contribution in [3.05, 3.63) is 29.8 Å². The Labute approximate surface area is 150 Å². The van der Waals surface area contributed by atoms with Crippen molar-refractivity contribution in [2.45, 2.75) is 57.4 Å². The van der Waals surface area contributed by atoms with Gasteiger partial charge < -0.3 is 10.1 Å². The first-order valence-electron chi connectivity index (χ1n) is 9.41. The van der Waals surface area contributed by atoms with Crippen LogP contribution in [-0.4, -0.2) is 36.0 Å². The summed E-state index contributed by atoms with van der Waals surface area (Å²) in [7, 11) is 1.66. The van der Waals surface area contributed by atoms with Gasteiger partial charge in [0.25, 0.3) is 5.91 Å². The number of rotatable bonds is 6. The molecule has 1 saturated heterocycles. The van der Waals surface area contributed by atoms with Gasteiger partial charge in [-0.15, -0.1) is 0 Å². The number of hydrogen-bond donors (Lipinski definition) is 2. The van der Waals surface area contributed by atoms with E-state index in [0.717, 1.165) is 18.6 Å². The molecular formula is C20H29N3O2. The van der Waals surface area contributed by atoms with Crippen molar-refractivity contribution >= 4 is 11.9 Å². The van der Waals surface area contributed by atoms with Crippen molar-refractivity contribution in [3.8, 4) is 5.75 Å². The lowest BCUT2D eigenvalue weighted by Crippen LogP contribution is -2.53. The molecule has 1 amide bonds. The third kappa shape index (κ3) is 3.80. The van der Waals surface area contributed by atoms with Crippen molar-refractivity contribution in [1.29, 1.82) is 5.41 Å². The maximum absolute atomic E-state index is 12.9. The Morgan fingerprint density at radius 1 is 1.32 bits per heavy atom. The minimum atomic E-state index is -0.809. The Morgan fingerprint density at radius 3 is 2.72 bits per heavy atom. The number of aryl methyl sites for hydroxylation is 1. The second-order valence-corrected chi connectivity index (χ2v) is 7.42. The highest BCUT2D eigenvalue weighted by Gasteiger charge is 2.50. The van der Waals surface area contributed by atoms with Crippen molar-refractivity contribution in [2.24, 2.45) is 5.92 Å². The molecule has 2 N–H and O–H groups in total. The highest BCUT2D eigenvalue weighted by atomic mass is 16.5. The number of carbonyl (C=O) groups is 1. The van der Waals surface area contributed by atoms with E-state index in [9.17, 15) is 4.79 Å². The molecule has 3 rings (SSSR count). The van der Waals surface area contributed by atoms with E-state index in [1.54, 1.807) is 7.05 Å². The lowest BCUT2D eigenvalue weighted by Gasteiger charge is -2.32. The zero-order valence-electron chi connectivity index (χ0n) is 15.3. The van der Waals surface area contributed by atoms with Gasteiger partial charge in [-0.1, -0.05) is 51.2 Å². The maximum Gasteiger partial charge on any atom is 0.258 e. The van der Waals surface area contributed by atoms with Crippen LogP contribution in [0.4, 0.5) is 0 Å². The van der Waals surface area contributed by atoms with Crippen molar-refractivity contribution in [2.75, 3.05) is 13.7 Å². The molecule has 2 fully saturated rings. The van der Waals surface area contributed by atoms with Gasteiger partial charge in [0, 0.05) is 7.05 Å². The van der Waals surface area contributed by atoms with E-state index < -0.39 is 5.54 Å². The number of nitrogens with zero attached hydrogens (tertiary/aromatic N) is 1. The Balaban J connectivity index is 1.76. The summed E-state index contributed by atoms with van der Waals surface area (Å²) >= 11 is 0. The second kappa shape index (κ2) is 7.46. The minimum absolute atomic E-state index is 0.0466. The summed E-state index contributed by atoms with van der Waals surface area (Å²) in [5.41, 5.74) is 0.408. The van der Waals surface area contributed by atoms with E-state index in [-0.39, 0.29) is 18.5 Å². The number of amides is 1. The van der Waals surface area contributed by atoms with Crippen LogP contribution in [0.25, 0.3) is 0 Å². The van der Waals surface area contributed by atoms with E-state index >= 15 is 0 Å². The second-order valence-electron chi connectivity index (χ2n) is 7.42. The summed E-state index contributed by atoms with van der Waals surface area (Å²) < 4.78 is 6.04. The quantitative estimate of drug-likeness (QED) is 0.832. The number of likely N-dealkylation sites (N-methyl/N-ethyl adjacent to an activating group) is 1. The lowest BCUT2D eigenvalue weighted by molar-refractivity contribution is -0.132. The molecule has 1 atom stereocenters. The fraction of sp³-hybridized carbons (Fsp3) is 0.600. The van der Waals surface area contributed by atoms with Gasteiger partial charge in [-0.2, -0.15) is 0 Å². The average Bonchev–Trinajstić information content (AvgIpc) is 2.85. The first kappa shape index (κ1) is 17.8. The van der Waals surface area contributed by atoms with Gasteiger partial charge >= 0.3 is 0 Å². The number of hydrogen-bond acceptors (Lipinski definition) is 3. The van der Waals surface area contributed by atoms with Crippen LogP contribution in [-0.2, 0) is 11.2 Å². The number of carbonyl (C=O) groups excluding carboxylic acids is 1. The predicted molar refractivity (Wildman–Crippen MR) is 98.9 cm³/mol. The first-order chi connectivity index (χ1) is 12.0. The number of benzene rings is 1. The molecule has 5 heteroatoms. The van der Waals surface area contributed by atoms with Gasteiger partial charge in [0.15, 0.2) is 11.5 Å². The Hall–Kier alpha value is -2.04. The van der Waals surface area contributed by atoms with Crippen LogP contribution in [0.1, 0.15) is 51.0 Å². The van der Waals surface area contributed by atoms with E-state index in [4.69, 9.17) is 10.1 Å². The third-order valence-electron chi connectivity index (χ3n) is 5.56. The molecule has 0 spiro atoms. The van der Waals surface area contributed by atoms with E-state index in [1.165, 1.54) is 42.6 Å². The molecule has 0 bridgehead atoms. The van der Waals surface area contributed by atoms with Crippen molar-refractivity contribution in [3.63, 3.8) is 0 Å². The van der Waals surface area contributed by atoms with Crippen LogP contribution in [0.15, 0.2) is 24.3 Å². The predicted octanol–water partition coefficient (Wildman–Crippen LogP) is 3.33. The van der Waals surface area contributed by atoms with Crippen molar-refractivity contribution < 1.29 is 9.53 Å². The number of nitrogens with one attached hydrogen (secondary N) is 2. The van der Waals surface area contributed by atoms with Crippen molar-refractivity contribution in [1.82, 2.24) is 10.2 Å². The summed E-state index contributed by atoms with van der Waals surface area (Å²) in [6.45, 7) is 2.38. The van der Waals surface area contributed by atoms with Gasteiger partial charge in [-0.3, -0.25) is 15.1 Å². The third-order valence-corrected chi connectivity index (χ3v) is 5.56. The number of ether oxygens (including phenoxy) is 1. The summed E-state index contributed by atoms with van der Waals surface area (Å²) in [5, 5.41) is 11.2. The molecule has 1 aliphatic heterocycles. The fourth-order valence-electron chi connectivity index (χ4n) is 4.03. The molecule has 1 aromatic carbocycles. The monoisotopic (exact) mass is 343 g/mol. The Bertz CT molecular complexity index is 640. The van der Waals surface area contributed by atoms with Crippen LogP contribution in [0, 0.1) is 11.3 Å². The summed E-state index contributed by atoms with van der Waals surface area (Å²) in [6.07, 6.45) is 7.79. The smallest absolute Gasteiger partial charge is 0.258 e. The molecule has 1 saturated carbocycles. The van der Waals surface area contributed by atoms with E-state index in [2.05, 4.69) is 18.3 Å². The SMILES string of the molecule is CCc1cccc(OCC2(CC3CCCCC3)NC(=N)N(C)C2=O)c1. The van der Waals surface area contributed by atoms with Crippen LogP contribution in [0.2, 0.25) is 0 Å². The Kier molecular flexibility index (Phi) is 5.30. The summed E-state index contributed by atoms with van der Waals surface area (Å²) in [5.74, 6) is 1.44. The lowest BCUT2D eigenvalue weighted by atomic mass is 9.79. The normalized spacial score (nSPS) is 24.5. The molecule has 0 aromatic heterocycles. The standard InChI is InChI=1S/C20H29N3O2/c1-3-15-10-7-11-17(12-15)25-14-20(13-16-8-5-4-6-9-16)18(24)23(2)19(21)22-20/h7,10-12,16H,3-6,8-9,13-14H2,1-2H3,(H2,21,22). The molecule has 2 aliphatic rings. The molecule has 1 heterocycles. The van der Waals surface area contributed by atoms with E-state index in [1.807, 2.05) is 18.2 Å². The highest BCUT2D eigenvalue weighted by Crippen LogP contribution is 2.34. The number of guanidine groups is 1. The zero-order chi connectivity index (χ0) is 17.9. The molecule has 5 nitrogen and oxygen atoms in total. The van der Waals surface area contributed by atoms with Gasteiger partial charge in [0.2, 0.25) is 0 Å². The molecule has 0 radical (unpaired) electrons. The first-order valence-corrected chi connectivity index (χ1v) is 9.41. The Morgan fingerprint density at radius 2 is 2.08 bits per heavy atom. The highest BCUT2D eigenvalue weighted by molar-refractivity contribution is 6.07. The maximum atomic E-state index is 12.9. The van der Waals surface area contributed by atoms with Gasteiger partial charge in [0.05, 0.1) is 0 Å². The molecule has 136 valence electrons. The van der Waals surface area contributed by atoms with Crippen LogP contribution < -0.4 is 10.1 Å². The van der Waals surface area contributed by atoms with Crippen LogP contribution in [0.3, 0.4) is 0 Å². The molecule has 1 aliphatic carbocycles. The minimum Gasteiger partial charge on any atom is -0.491 e. The average molecular weight is 343 g/mol. The van der Waals surface area contributed by atoms with Gasteiger partial charge in [-0.25, -0.2) is 0 Å². The summed E-state index contributed by atoms with van der Waals surface area (Å²) in [6, 6.07) is 8.03. The topological polar surface area (TPSA) is 65.4 Å². The van der Waals surface area contributed by atoms with Crippen LogP contribution in [0.5, 0.6) is 5.75 Å². The zero-order valence-corrected chi connectivity index (χ0v) is 15.3. The fourth-order valence-corrected chi connectivity index (χ4v) is 4.03. The molecule has 25 heavy (non-hydrogen) atoms. The molecule has 1 unspecified atom stereocenters. The molecule has 1 aromatic rings. The van der Waals surface area contributed by atoms with Crippen LogP contribution >= 0.6 is 0 Å². The van der Waals surface area contributed by atoms with Gasteiger partial charge in [0.1, 0.15) is 12.4 Å². The summed E-state index contributed by atoms with van der Waals surface area (Å²) in [4.78, 5) is 14.3.